The SMILES string of the molecule is CC.CC1=CCC2C3CCN4C(=O)CCCCC4(C)C3CCC12C. The summed E-state index contributed by atoms with van der Waals surface area (Å²) < 4.78 is 0. The van der Waals surface area contributed by atoms with Crippen LogP contribution >= 0.6 is 0 Å². The molecule has 2 aliphatic heterocycles. The van der Waals surface area contributed by atoms with Gasteiger partial charge in [0.2, 0.25) is 5.91 Å². The summed E-state index contributed by atoms with van der Waals surface area (Å²) in [7, 11) is 0. The maximum atomic E-state index is 12.6. The number of carbonyl (C=O) groups excluding carboxylic acids is 1. The quantitative estimate of drug-likeness (QED) is 0.531. The molecule has 4 aliphatic rings. The molecule has 0 N–H and O–H groups in total. The fourth-order valence-corrected chi connectivity index (χ4v) is 6.60. The van der Waals surface area contributed by atoms with E-state index in [2.05, 4.69) is 31.7 Å². The zero-order valence-corrected chi connectivity index (χ0v) is 16.5. The zero-order chi connectivity index (χ0) is 17.5. The minimum atomic E-state index is 0.147. The molecule has 2 nitrogen and oxygen atoms in total. The van der Waals surface area contributed by atoms with Crippen molar-refractivity contribution in [2.45, 2.75) is 91.5 Å². The number of hydrogen-bond donors (Lipinski definition) is 0. The van der Waals surface area contributed by atoms with Crippen LogP contribution < -0.4 is 0 Å². The van der Waals surface area contributed by atoms with E-state index in [-0.39, 0.29) is 5.54 Å². The van der Waals surface area contributed by atoms with Crippen LogP contribution in [0.2, 0.25) is 0 Å². The lowest BCUT2D eigenvalue weighted by molar-refractivity contribution is -0.150. The molecule has 24 heavy (non-hydrogen) atoms. The summed E-state index contributed by atoms with van der Waals surface area (Å²) in [5, 5.41) is 0. The summed E-state index contributed by atoms with van der Waals surface area (Å²) in [6, 6.07) is 0. The van der Waals surface area contributed by atoms with Crippen molar-refractivity contribution in [1.29, 1.82) is 0 Å². The number of piperidine rings is 1. The molecular weight excluding hydrogens is 294 g/mol. The number of fused-ring (bicyclic) bond motifs is 5. The fourth-order valence-electron chi connectivity index (χ4n) is 6.60. The first kappa shape index (κ1) is 18.0. The first-order valence-electron chi connectivity index (χ1n) is 10.4. The van der Waals surface area contributed by atoms with Crippen molar-refractivity contribution in [3.8, 4) is 0 Å². The maximum Gasteiger partial charge on any atom is 0.223 e. The maximum absolute atomic E-state index is 12.6. The Hall–Kier alpha value is -0.790. The van der Waals surface area contributed by atoms with Gasteiger partial charge in [0.25, 0.3) is 0 Å². The molecule has 0 aromatic heterocycles. The van der Waals surface area contributed by atoms with Crippen molar-refractivity contribution >= 4 is 5.91 Å². The molecular formula is C22H37NO. The highest BCUT2D eigenvalue weighted by Crippen LogP contribution is 2.61. The van der Waals surface area contributed by atoms with Gasteiger partial charge in [0.05, 0.1) is 0 Å². The molecule has 4 rings (SSSR count). The van der Waals surface area contributed by atoms with Crippen LogP contribution in [0.4, 0.5) is 0 Å². The van der Waals surface area contributed by atoms with Gasteiger partial charge in [0.1, 0.15) is 0 Å². The van der Waals surface area contributed by atoms with Gasteiger partial charge in [-0.1, -0.05) is 38.8 Å². The van der Waals surface area contributed by atoms with E-state index >= 15 is 0 Å². The Bertz CT molecular complexity index is 524. The lowest BCUT2D eigenvalue weighted by Crippen LogP contribution is -2.62. The number of allylic oxidation sites excluding steroid dienone is 2. The number of amides is 1. The summed E-state index contributed by atoms with van der Waals surface area (Å²) in [6.45, 7) is 12.3. The molecule has 0 radical (unpaired) electrons. The van der Waals surface area contributed by atoms with E-state index in [1.54, 1.807) is 5.57 Å². The minimum Gasteiger partial charge on any atom is -0.337 e. The highest BCUT2D eigenvalue weighted by molar-refractivity contribution is 5.77. The molecule has 3 fully saturated rings. The van der Waals surface area contributed by atoms with Crippen molar-refractivity contribution in [2.75, 3.05) is 6.54 Å². The Balaban J connectivity index is 0.000000815. The van der Waals surface area contributed by atoms with Gasteiger partial charge < -0.3 is 4.90 Å². The van der Waals surface area contributed by atoms with Crippen molar-refractivity contribution in [3.05, 3.63) is 11.6 Å². The largest absolute Gasteiger partial charge is 0.337 e. The average molecular weight is 332 g/mol. The second kappa shape index (κ2) is 6.50. The molecule has 1 saturated carbocycles. The molecule has 0 bridgehead atoms. The van der Waals surface area contributed by atoms with E-state index in [4.69, 9.17) is 0 Å². The standard InChI is InChI=1S/C20H31NO.C2H6/c1-14-7-8-16-15-10-13-21-18(22)6-4-5-11-20(21,3)17(15)9-12-19(14,16)2;1-2/h7,15-17H,4-6,8-13H2,1-3H3;1-2H3. The van der Waals surface area contributed by atoms with Gasteiger partial charge in [-0.2, -0.15) is 0 Å². The van der Waals surface area contributed by atoms with Crippen LogP contribution in [0.5, 0.6) is 0 Å². The fraction of sp³-hybridized carbons (Fsp3) is 0.864. The Morgan fingerprint density at radius 2 is 1.83 bits per heavy atom. The van der Waals surface area contributed by atoms with Crippen LogP contribution in [0.1, 0.15) is 86.0 Å². The molecule has 5 atom stereocenters. The lowest BCUT2D eigenvalue weighted by Gasteiger charge is -2.59. The number of hydrogen-bond acceptors (Lipinski definition) is 1. The number of rotatable bonds is 0. The highest BCUT2D eigenvalue weighted by Gasteiger charge is 2.57. The van der Waals surface area contributed by atoms with Crippen LogP contribution in [-0.2, 0) is 4.79 Å². The van der Waals surface area contributed by atoms with Gasteiger partial charge in [-0.25, -0.2) is 0 Å². The molecule has 5 unspecified atom stereocenters. The van der Waals surface area contributed by atoms with Gasteiger partial charge in [-0.15, -0.1) is 0 Å². The average Bonchev–Trinajstić information content (AvgIpc) is 2.79. The molecule has 2 aliphatic carbocycles. The second-order valence-electron chi connectivity index (χ2n) is 8.85. The van der Waals surface area contributed by atoms with Crippen LogP contribution in [0, 0.1) is 23.2 Å². The predicted molar refractivity (Wildman–Crippen MR) is 101 cm³/mol. The molecule has 2 saturated heterocycles. The van der Waals surface area contributed by atoms with Crippen LogP contribution in [-0.4, -0.2) is 22.9 Å². The van der Waals surface area contributed by atoms with E-state index in [1.165, 1.54) is 38.5 Å². The van der Waals surface area contributed by atoms with E-state index in [0.29, 0.717) is 11.3 Å². The third-order valence-electron chi connectivity index (χ3n) is 8.13. The van der Waals surface area contributed by atoms with Gasteiger partial charge in [0, 0.05) is 18.5 Å². The van der Waals surface area contributed by atoms with E-state index in [1.807, 2.05) is 13.8 Å². The van der Waals surface area contributed by atoms with Crippen LogP contribution in [0.3, 0.4) is 0 Å². The van der Waals surface area contributed by atoms with Crippen molar-refractivity contribution in [3.63, 3.8) is 0 Å². The highest BCUT2D eigenvalue weighted by atomic mass is 16.2. The molecule has 2 heteroatoms. The van der Waals surface area contributed by atoms with Crippen molar-refractivity contribution in [1.82, 2.24) is 4.90 Å². The summed E-state index contributed by atoms with van der Waals surface area (Å²) in [4.78, 5) is 14.9. The van der Waals surface area contributed by atoms with Gasteiger partial charge in [-0.3, -0.25) is 4.79 Å². The summed E-state index contributed by atoms with van der Waals surface area (Å²) in [6.07, 6.45) is 12.1. The number of carbonyl (C=O) groups is 1. The molecule has 2 heterocycles. The Labute approximate surface area is 149 Å². The van der Waals surface area contributed by atoms with Gasteiger partial charge >= 0.3 is 0 Å². The third-order valence-corrected chi connectivity index (χ3v) is 8.13. The van der Waals surface area contributed by atoms with Crippen LogP contribution in [0.15, 0.2) is 11.6 Å². The van der Waals surface area contributed by atoms with Crippen molar-refractivity contribution in [2.24, 2.45) is 23.2 Å². The normalized spacial score (nSPS) is 44.4. The van der Waals surface area contributed by atoms with E-state index in [0.717, 1.165) is 37.1 Å². The second-order valence-corrected chi connectivity index (χ2v) is 8.85. The summed E-state index contributed by atoms with van der Waals surface area (Å²) >= 11 is 0. The Kier molecular flexibility index (Phi) is 4.88. The minimum absolute atomic E-state index is 0.147. The summed E-state index contributed by atoms with van der Waals surface area (Å²) in [5.74, 6) is 2.84. The molecule has 136 valence electrons. The molecule has 0 spiro atoms. The first-order chi connectivity index (χ1) is 11.5. The zero-order valence-electron chi connectivity index (χ0n) is 16.5. The Morgan fingerprint density at radius 3 is 2.58 bits per heavy atom. The molecule has 0 aromatic rings. The topological polar surface area (TPSA) is 20.3 Å². The number of nitrogens with zero attached hydrogens (tertiary/aromatic N) is 1. The monoisotopic (exact) mass is 331 g/mol. The Morgan fingerprint density at radius 1 is 1.08 bits per heavy atom. The van der Waals surface area contributed by atoms with E-state index < -0.39 is 0 Å². The third kappa shape index (κ3) is 2.47. The lowest BCUT2D eigenvalue weighted by atomic mass is 9.52. The van der Waals surface area contributed by atoms with Gasteiger partial charge in [0.15, 0.2) is 0 Å². The van der Waals surface area contributed by atoms with Gasteiger partial charge in [-0.05, 0) is 75.5 Å². The van der Waals surface area contributed by atoms with E-state index in [9.17, 15) is 4.79 Å². The van der Waals surface area contributed by atoms with Crippen LogP contribution in [0.25, 0.3) is 0 Å². The van der Waals surface area contributed by atoms with Crippen molar-refractivity contribution < 1.29 is 4.79 Å². The molecule has 1 amide bonds. The first-order valence-corrected chi connectivity index (χ1v) is 10.4. The summed E-state index contributed by atoms with van der Waals surface area (Å²) in [5.41, 5.74) is 2.24. The smallest absolute Gasteiger partial charge is 0.223 e. The predicted octanol–water partition coefficient (Wildman–Crippen LogP) is 5.58. The molecule has 0 aromatic carbocycles.